The Kier molecular flexibility index (Phi) is 4.83. The van der Waals surface area contributed by atoms with Crippen LogP contribution in [0.1, 0.15) is 38.3 Å². The lowest BCUT2D eigenvalue weighted by molar-refractivity contribution is -0.907. The summed E-state index contributed by atoms with van der Waals surface area (Å²) < 4.78 is 5.32. The van der Waals surface area contributed by atoms with Gasteiger partial charge in [-0.25, -0.2) is 0 Å². The zero-order valence-corrected chi connectivity index (χ0v) is 14.9. The normalized spacial score (nSPS) is 16.6. The van der Waals surface area contributed by atoms with Gasteiger partial charge in [0.15, 0.2) is 11.6 Å². The topological polar surface area (TPSA) is 76.9 Å². The highest BCUT2D eigenvalue weighted by molar-refractivity contribution is 6.30. The van der Waals surface area contributed by atoms with Gasteiger partial charge in [0.1, 0.15) is 13.1 Å². The van der Waals surface area contributed by atoms with Gasteiger partial charge in [-0.15, -0.1) is 0 Å². The van der Waals surface area contributed by atoms with E-state index >= 15 is 0 Å². The number of amides is 1. The lowest BCUT2D eigenvalue weighted by atomic mass is 9.83. The van der Waals surface area contributed by atoms with E-state index in [1.165, 1.54) is 4.90 Å². The summed E-state index contributed by atoms with van der Waals surface area (Å²) in [6.07, 6.45) is 0.359. The summed E-state index contributed by atoms with van der Waals surface area (Å²) in [4.78, 5) is 39.4. The maximum Gasteiger partial charge on any atom is 0.230 e. The van der Waals surface area contributed by atoms with Crippen molar-refractivity contribution < 1.29 is 24.0 Å². The minimum atomic E-state index is -0.227. The molecule has 138 valence electrons. The summed E-state index contributed by atoms with van der Waals surface area (Å²) in [5, 5.41) is 2.83. The van der Waals surface area contributed by atoms with Gasteiger partial charge in [-0.3, -0.25) is 14.4 Å². The van der Waals surface area contributed by atoms with Crippen LogP contribution in [0.3, 0.4) is 0 Å². The summed E-state index contributed by atoms with van der Waals surface area (Å²) in [6.45, 7) is 3.97. The zero-order chi connectivity index (χ0) is 18.8. The molecule has 2 N–H and O–H groups in total. The SMILES string of the molecule is O=C(CC[NH+]1CCOCC1)Nc1cccc2c1C(=O)c1ccccc1C2=O. The van der Waals surface area contributed by atoms with E-state index in [4.69, 9.17) is 4.74 Å². The molecule has 1 aliphatic carbocycles. The van der Waals surface area contributed by atoms with Crippen LogP contribution >= 0.6 is 0 Å². The van der Waals surface area contributed by atoms with Crippen LogP contribution in [-0.4, -0.2) is 50.3 Å². The molecule has 0 saturated carbocycles. The van der Waals surface area contributed by atoms with Crippen molar-refractivity contribution in [3.8, 4) is 0 Å². The van der Waals surface area contributed by atoms with E-state index in [1.54, 1.807) is 42.5 Å². The Morgan fingerprint density at radius 2 is 1.59 bits per heavy atom. The summed E-state index contributed by atoms with van der Waals surface area (Å²) in [7, 11) is 0. The van der Waals surface area contributed by atoms with Crippen LogP contribution in [0, 0.1) is 0 Å². The minimum Gasteiger partial charge on any atom is -0.370 e. The first-order chi connectivity index (χ1) is 13.1. The molecule has 1 saturated heterocycles. The molecule has 0 bridgehead atoms. The molecule has 1 heterocycles. The smallest absolute Gasteiger partial charge is 0.230 e. The molecule has 6 heteroatoms. The number of quaternary nitrogens is 1. The number of carbonyl (C=O) groups excluding carboxylic acids is 3. The van der Waals surface area contributed by atoms with E-state index in [0.717, 1.165) is 32.8 Å². The van der Waals surface area contributed by atoms with Gasteiger partial charge in [-0.2, -0.15) is 0 Å². The van der Waals surface area contributed by atoms with Gasteiger partial charge >= 0.3 is 0 Å². The van der Waals surface area contributed by atoms with Crippen molar-refractivity contribution in [2.75, 3.05) is 38.2 Å². The Morgan fingerprint density at radius 1 is 0.926 bits per heavy atom. The number of nitrogens with one attached hydrogen (secondary N) is 2. The van der Waals surface area contributed by atoms with Crippen LogP contribution in [0.2, 0.25) is 0 Å². The van der Waals surface area contributed by atoms with Gasteiger partial charge in [-0.05, 0) is 6.07 Å². The van der Waals surface area contributed by atoms with Crippen molar-refractivity contribution >= 4 is 23.2 Å². The molecule has 0 unspecified atom stereocenters. The highest BCUT2D eigenvalue weighted by Crippen LogP contribution is 2.31. The zero-order valence-electron chi connectivity index (χ0n) is 14.9. The highest BCUT2D eigenvalue weighted by atomic mass is 16.5. The second-order valence-electron chi connectivity index (χ2n) is 6.84. The predicted molar refractivity (Wildman–Crippen MR) is 99.4 cm³/mol. The molecule has 0 atom stereocenters. The lowest BCUT2D eigenvalue weighted by Crippen LogP contribution is -3.14. The van der Waals surface area contributed by atoms with Crippen molar-refractivity contribution in [1.29, 1.82) is 0 Å². The monoisotopic (exact) mass is 365 g/mol. The molecular weight excluding hydrogens is 344 g/mol. The maximum absolute atomic E-state index is 12.9. The molecule has 2 aromatic rings. The molecule has 0 spiro atoms. The first-order valence-electron chi connectivity index (χ1n) is 9.18. The van der Waals surface area contributed by atoms with Crippen molar-refractivity contribution in [3.05, 3.63) is 64.7 Å². The van der Waals surface area contributed by atoms with Gasteiger partial charge in [0.25, 0.3) is 0 Å². The number of carbonyl (C=O) groups is 3. The Labute approximate surface area is 157 Å². The van der Waals surface area contributed by atoms with Gasteiger partial charge in [0.05, 0.1) is 37.4 Å². The largest absolute Gasteiger partial charge is 0.370 e. The number of hydrogen-bond donors (Lipinski definition) is 2. The van der Waals surface area contributed by atoms with Crippen molar-refractivity contribution in [2.24, 2.45) is 0 Å². The van der Waals surface area contributed by atoms with E-state index in [9.17, 15) is 14.4 Å². The van der Waals surface area contributed by atoms with Gasteiger partial charge in [0.2, 0.25) is 5.91 Å². The third-order valence-corrected chi connectivity index (χ3v) is 5.13. The summed E-state index contributed by atoms with van der Waals surface area (Å²) in [5.74, 6) is -0.564. The molecule has 2 aliphatic rings. The number of morpholine rings is 1. The number of rotatable bonds is 4. The van der Waals surface area contributed by atoms with Crippen LogP contribution in [0.5, 0.6) is 0 Å². The Balaban J connectivity index is 1.54. The second kappa shape index (κ2) is 7.42. The third-order valence-electron chi connectivity index (χ3n) is 5.13. The number of anilines is 1. The van der Waals surface area contributed by atoms with Gasteiger partial charge in [0, 0.05) is 16.7 Å². The molecule has 0 radical (unpaired) electrons. The van der Waals surface area contributed by atoms with Crippen molar-refractivity contribution in [3.63, 3.8) is 0 Å². The number of benzene rings is 2. The lowest BCUT2D eigenvalue weighted by Gasteiger charge is -2.23. The molecule has 2 aromatic carbocycles. The Hall–Kier alpha value is -2.83. The van der Waals surface area contributed by atoms with Crippen molar-refractivity contribution in [1.82, 2.24) is 0 Å². The average molecular weight is 365 g/mol. The summed E-state index contributed by atoms with van der Waals surface area (Å²) in [6, 6.07) is 11.8. The standard InChI is InChI=1S/C21H20N2O4/c24-18(8-9-23-10-12-27-13-11-23)22-17-7-3-6-16-19(17)21(26)15-5-2-1-4-14(15)20(16)25/h1-7H,8-13H2,(H,22,24)/p+1. The summed E-state index contributed by atoms with van der Waals surface area (Å²) >= 11 is 0. The molecule has 1 aliphatic heterocycles. The van der Waals surface area contributed by atoms with Crippen LogP contribution < -0.4 is 10.2 Å². The molecule has 4 rings (SSSR count). The van der Waals surface area contributed by atoms with E-state index in [2.05, 4.69) is 5.32 Å². The second-order valence-corrected chi connectivity index (χ2v) is 6.84. The third kappa shape index (κ3) is 3.41. The fourth-order valence-corrected chi connectivity index (χ4v) is 3.66. The molecule has 6 nitrogen and oxygen atoms in total. The number of hydrogen-bond acceptors (Lipinski definition) is 4. The van der Waals surface area contributed by atoms with Gasteiger partial charge in [-0.1, -0.05) is 36.4 Å². The van der Waals surface area contributed by atoms with Crippen LogP contribution in [0.15, 0.2) is 42.5 Å². The highest BCUT2D eigenvalue weighted by Gasteiger charge is 2.31. The Morgan fingerprint density at radius 3 is 2.33 bits per heavy atom. The molecule has 1 fully saturated rings. The first kappa shape index (κ1) is 17.6. The molecule has 1 amide bonds. The van der Waals surface area contributed by atoms with Crippen LogP contribution in [-0.2, 0) is 9.53 Å². The van der Waals surface area contributed by atoms with Crippen LogP contribution in [0.4, 0.5) is 5.69 Å². The molecule has 27 heavy (non-hydrogen) atoms. The number of fused-ring (bicyclic) bond motifs is 2. The fraction of sp³-hybridized carbons (Fsp3) is 0.286. The number of ketones is 2. The maximum atomic E-state index is 12.9. The predicted octanol–water partition coefficient (Wildman–Crippen LogP) is 0.706. The quantitative estimate of drug-likeness (QED) is 0.714. The van der Waals surface area contributed by atoms with E-state index < -0.39 is 0 Å². The summed E-state index contributed by atoms with van der Waals surface area (Å²) in [5.41, 5.74) is 1.83. The van der Waals surface area contributed by atoms with E-state index in [-0.39, 0.29) is 23.0 Å². The fourth-order valence-electron chi connectivity index (χ4n) is 3.66. The molecule has 0 aromatic heterocycles. The number of ether oxygens (including phenoxy) is 1. The van der Waals surface area contributed by atoms with E-state index in [0.29, 0.717) is 28.8 Å². The van der Waals surface area contributed by atoms with Crippen LogP contribution in [0.25, 0.3) is 0 Å². The minimum absolute atomic E-state index is 0.151. The Bertz CT molecular complexity index is 916. The molecular formula is C21H21N2O4+. The van der Waals surface area contributed by atoms with Crippen molar-refractivity contribution in [2.45, 2.75) is 6.42 Å². The van der Waals surface area contributed by atoms with Gasteiger partial charge < -0.3 is 15.0 Å². The first-order valence-corrected chi connectivity index (χ1v) is 9.18. The average Bonchev–Trinajstić information content (AvgIpc) is 2.71. The van der Waals surface area contributed by atoms with E-state index in [1.807, 2.05) is 0 Å².